The number of anilines is 1. The minimum atomic E-state index is -1.09. The largest absolute Gasteiger partial charge is 0.481 e. The van der Waals surface area contributed by atoms with E-state index in [0.29, 0.717) is 28.9 Å². The van der Waals surface area contributed by atoms with Gasteiger partial charge in [0.1, 0.15) is 11.9 Å². The number of aliphatic carboxylic acids is 1. The maximum Gasteiger partial charge on any atom is 0.306 e. The number of nitrogens with zero attached hydrogens (tertiary/aromatic N) is 2. The van der Waals surface area contributed by atoms with E-state index in [1.807, 2.05) is 23.4 Å². The zero-order valence-corrected chi connectivity index (χ0v) is 20.5. The van der Waals surface area contributed by atoms with E-state index in [-0.39, 0.29) is 24.4 Å². The van der Waals surface area contributed by atoms with Crippen LogP contribution in [0.4, 0.5) is 10.1 Å². The fourth-order valence-electron chi connectivity index (χ4n) is 4.17. The number of carbonyl (C=O) groups is 2. The molecule has 2 aromatic rings. The van der Waals surface area contributed by atoms with Gasteiger partial charge >= 0.3 is 5.97 Å². The third kappa shape index (κ3) is 5.85. The first-order chi connectivity index (χ1) is 16.4. The molecule has 2 fully saturated rings. The van der Waals surface area contributed by atoms with Crippen molar-refractivity contribution in [1.29, 1.82) is 0 Å². The lowest BCUT2D eigenvalue weighted by Gasteiger charge is -2.45. The van der Waals surface area contributed by atoms with Crippen LogP contribution in [0.15, 0.2) is 48.5 Å². The molecule has 4 rings (SSSR count). The molecule has 0 radical (unpaired) electrons. The van der Waals surface area contributed by atoms with Crippen molar-refractivity contribution in [1.82, 2.24) is 4.90 Å². The highest BCUT2D eigenvalue weighted by atomic mass is 35.5. The Bertz CT molecular complexity index is 1020. The van der Waals surface area contributed by atoms with Gasteiger partial charge < -0.3 is 19.0 Å². The van der Waals surface area contributed by atoms with Crippen LogP contribution in [0.1, 0.15) is 44.2 Å². The summed E-state index contributed by atoms with van der Waals surface area (Å²) in [7, 11) is 0. The van der Waals surface area contributed by atoms with E-state index in [4.69, 9.17) is 16.3 Å². The van der Waals surface area contributed by atoms with E-state index in [0.717, 1.165) is 18.4 Å². The quantitative estimate of drug-likeness (QED) is 0.440. The highest BCUT2D eigenvalue weighted by Gasteiger charge is 2.42. The van der Waals surface area contributed by atoms with Crippen molar-refractivity contribution in [2.45, 2.75) is 56.0 Å². The molecule has 0 aromatic heterocycles. The lowest BCUT2D eigenvalue weighted by atomic mass is 9.98. The predicted octanol–water partition coefficient (Wildman–Crippen LogP) is 5.32. The van der Waals surface area contributed by atoms with E-state index in [1.54, 1.807) is 47.2 Å². The second-order valence-corrected chi connectivity index (χ2v) is 10.4. The Morgan fingerprint density at radius 1 is 1.26 bits per heavy atom. The highest BCUT2D eigenvalue weighted by molar-refractivity contribution is 8.01. The molecule has 1 amide bonds. The van der Waals surface area contributed by atoms with Gasteiger partial charge in [-0.1, -0.05) is 42.8 Å². The third-order valence-electron chi connectivity index (χ3n) is 6.10. The average molecular weight is 507 g/mol. The molecule has 1 heterocycles. The van der Waals surface area contributed by atoms with Gasteiger partial charge in [-0.05, 0) is 61.0 Å². The van der Waals surface area contributed by atoms with E-state index >= 15 is 0 Å². The Labute approximate surface area is 208 Å². The molecule has 3 atom stereocenters. The first-order valence-electron chi connectivity index (χ1n) is 11.5. The van der Waals surface area contributed by atoms with E-state index < -0.39 is 24.5 Å². The van der Waals surface area contributed by atoms with Crippen LogP contribution in [-0.2, 0) is 14.3 Å². The molecular weight excluding hydrogens is 479 g/mol. The minimum Gasteiger partial charge on any atom is -0.481 e. The average Bonchev–Trinajstić information content (AvgIpc) is 3.63. The van der Waals surface area contributed by atoms with Crippen LogP contribution < -0.4 is 4.31 Å². The summed E-state index contributed by atoms with van der Waals surface area (Å²) in [5, 5.41) is 10.3. The van der Waals surface area contributed by atoms with Gasteiger partial charge in [0.05, 0.1) is 37.3 Å². The summed E-state index contributed by atoms with van der Waals surface area (Å²) in [6.07, 6.45) is 1.33. The van der Waals surface area contributed by atoms with Gasteiger partial charge in [0.2, 0.25) is 0 Å². The zero-order valence-electron chi connectivity index (χ0n) is 18.9. The normalized spacial score (nSPS) is 21.4. The van der Waals surface area contributed by atoms with Crippen LogP contribution in [0.3, 0.4) is 0 Å². The van der Waals surface area contributed by atoms with Gasteiger partial charge in [-0.3, -0.25) is 9.59 Å². The molecular formula is C25H28ClFN2O4S. The van der Waals surface area contributed by atoms with Crippen molar-refractivity contribution < 1.29 is 23.8 Å². The Hall–Kier alpha value is -2.29. The zero-order chi connectivity index (χ0) is 24.2. The molecule has 1 aliphatic heterocycles. The standard InChI is InChI=1S/C25H28ClFN2O4S/c1-2-18(14-28(34-19-11-12-19)21-6-4-3-5-20(21)27)29-22(16-7-9-17(26)10-8-16)15-33-23(25(29)32)13-24(30)31/h3-10,18-19,22-23H,2,11-15H2,1H3,(H,30,31). The lowest BCUT2D eigenvalue weighted by molar-refractivity contribution is -0.168. The van der Waals surface area contributed by atoms with Crippen LogP contribution in [0.2, 0.25) is 5.02 Å². The summed E-state index contributed by atoms with van der Waals surface area (Å²) in [5.41, 5.74) is 1.35. The number of halogens is 2. The Kier molecular flexibility index (Phi) is 8.01. The monoisotopic (exact) mass is 506 g/mol. The fraction of sp³-hybridized carbons (Fsp3) is 0.440. The van der Waals surface area contributed by atoms with Gasteiger partial charge in [0, 0.05) is 10.3 Å². The molecule has 0 bridgehead atoms. The first-order valence-corrected chi connectivity index (χ1v) is 12.7. The Morgan fingerprint density at radius 2 is 1.97 bits per heavy atom. The van der Waals surface area contributed by atoms with Gasteiger partial charge in [-0.15, -0.1) is 0 Å². The summed E-state index contributed by atoms with van der Waals surface area (Å²) in [4.78, 5) is 26.7. The molecule has 34 heavy (non-hydrogen) atoms. The van der Waals surface area contributed by atoms with Crippen molar-refractivity contribution in [3.8, 4) is 0 Å². The number of benzene rings is 2. The van der Waals surface area contributed by atoms with Crippen LogP contribution >= 0.6 is 23.5 Å². The van der Waals surface area contributed by atoms with E-state index in [2.05, 4.69) is 0 Å². The number of rotatable bonds is 10. The molecule has 182 valence electrons. The molecule has 9 heteroatoms. The Morgan fingerprint density at radius 3 is 2.59 bits per heavy atom. The maximum absolute atomic E-state index is 14.7. The number of carbonyl (C=O) groups excluding carboxylic acids is 1. The van der Waals surface area contributed by atoms with Crippen molar-refractivity contribution in [2.24, 2.45) is 0 Å². The van der Waals surface area contributed by atoms with Crippen LogP contribution in [-0.4, -0.2) is 52.4 Å². The molecule has 6 nitrogen and oxygen atoms in total. The molecule has 0 spiro atoms. The highest BCUT2D eigenvalue weighted by Crippen LogP contribution is 2.41. The SMILES string of the molecule is CCC(CN(SC1CC1)c1ccccc1F)N1C(=O)C(CC(=O)O)OCC1c1ccc(Cl)cc1. The molecule has 2 aliphatic rings. The number of ether oxygens (including phenoxy) is 1. The van der Waals surface area contributed by atoms with E-state index in [1.165, 1.54) is 6.07 Å². The van der Waals surface area contributed by atoms with Gasteiger partial charge in [-0.25, -0.2) is 4.39 Å². The first kappa shape index (κ1) is 24.8. The van der Waals surface area contributed by atoms with E-state index in [9.17, 15) is 19.1 Å². The molecule has 1 saturated carbocycles. The summed E-state index contributed by atoms with van der Waals surface area (Å²) in [6, 6.07) is 13.2. The number of hydrogen-bond acceptors (Lipinski definition) is 5. The molecule has 1 N–H and O–H groups in total. The minimum absolute atomic E-state index is 0.178. The van der Waals surface area contributed by atoms with Gasteiger partial charge in [-0.2, -0.15) is 0 Å². The summed E-state index contributed by atoms with van der Waals surface area (Å²) in [5.74, 6) is -1.75. The molecule has 1 aliphatic carbocycles. The summed E-state index contributed by atoms with van der Waals surface area (Å²) < 4.78 is 22.4. The predicted molar refractivity (Wildman–Crippen MR) is 131 cm³/mol. The summed E-state index contributed by atoms with van der Waals surface area (Å²) in [6.45, 7) is 2.57. The number of amides is 1. The number of para-hydroxylation sites is 1. The molecule has 3 unspecified atom stereocenters. The number of hydrogen-bond donors (Lipinski definition) is 1. The third-order valence-corrected chi connectivity index (χ3v) is 7.72. The number of carboxylic acid groups (broad SMARTS) is 1. The fourth-order valence-corrected chi connectivity index (χ4v) is 5.52. The van der Waals surface area contributed by atoms with Crippen LogP contribution in [0.25, 0.3) is 0 Å². The smallest absolute Gasteiger partial charge is 0.306 e. The van der Waals surface area contributed by atoms with Crippen molar-refractivity contribution >= 4 is 41.1 Å². The van der Waals surface area contributed by atoms with Gasteiger partial charge in [0.25, 0.3) is 5.91 Å². The van der Waals surface area contributed by atoms with Gasteiger partial charge in [0.15, 0.2) is 0 Å². The lowest BCUT2D eigenvalue weighted by Crippen LogP contribution is -2.56. The second kappa shape index (κ2) is 11.0. The van der Waals surface area contributed by atoms with Crippen molar-refractivity contribution in [3.63, 3.8) is 0 Å². The van der Waals surface area contributed by atoms with Crippen LogP contribution in [0.5, 0.6) is 0 Å². The topological polar surface area (TPSA) is 70.1 Å². The Balaban J connectivity index is 1.66. The number of morpholine rings is 1. The van der Waals surface area contributed by atoms with Crippen LogP contribution in [0, 0.1) is 5.82 Å². The van der Waals surface area contributed by atoms with Crippen molar-refractivity contribution in [2.75, 3.05) is 17.5 Å². The second-order valence-electron chi connectivity index (χ2n) is 8.61. The van der Waals surface area contributed by atoms with Crippen molar-refractivity contribution in [3.05, 3.63) is 64.9 Å². The summed E-state index contributed by atoms with van der Waals surface area (Å²) >= 11 is 7.68. The maximum atomic E-state index is 14.7. The molecule has 1 saturated heterocycles. The molecule has 2 aromatic carbocycles. The number of carboxylic acids is 1.